The van der Waals surface area contributed by atoms with Crippen molar-refractivity contribution < 1.29 is 18.3 Å². The molecule has 8 heteroatoms. The highest BCUT2D eigenvalue weighted by Gasteiger charge is 2.43. The molecule has 26 heavy (non-hydrogen) atoms. The van der Waals surface area contributed by atoms with Gasteiger partial charge < -0.3 is 15.4 Å². The van der Waals surface area contributed by atoms with Crippen LogP contribution in [0.3, 0.4) is 0 Å². The van der Waals surface area contributed by atoms with Gasteiger partial charge in [0.1, 0.15) is 17.1 Å². The number of nitrogens with zero attached hydrogens (tertiary/aromatic N) is 2. The van der Waals surface area contributed by atoms with Gasteiger partial charge in [0.2, 0.25) is 0 Å². The van der Waals surface area contributed by atoms with Crippen molar-refractivity contribution in [1.82, 2.24) is 15.1 Å². The molecule has 1 spiro atoms. The molecule has 0 unspecified atom stereocenters. The molecule has 1 saturated heterocycles. The van der Waals surface area contributed by atoms with Crippen molar-refractivity contribution in [2.24, 2.45) is 5.92 Å². The van der Waals surface area contributed by atoms with Gasteiger partial charge in [0.25, 0.3) is 0 Å². The van der Waals surface area contributed by atoms with Gasteiger partial charge in [-0.15, -0.1) is 5.10 Å². The second-order valence-electron chi connectivity index (χ2n) is 6.97. The number of amides is 1. The monoisotopic (exact) mass is 362 g/mol. The normalized spacial score (nSPS) is 25.2. The third-order valence-electron chi connectivity index (χ3n) is 5.21. The Hall–Kier alpha value is -2.64. The molecular weight excluding hydrogens is 342 g/mol. The van der Waals surface area contributed by atoms with Crippen LogP contribution in [0.5, 0.6) is 0 Å². The minimum atomic E-state index is -0.519. The summed E-state index contributed by atoms with van der Waals surface area (Å²) in [4.78, 5) is 11.3. The van der Waals surface area contributed by atoms with Crippen LogP contribution in [0, 0.1) is 17.6 Å². The van der Waals surface area contributed by atoms with Crippen molar-refractivity contribution in [3.8, 4) is 5.69 Å². The minimum Gasteiger partial charge on any atom is -0.441 e. The van der Waals surface area contributed by atoms with Crippen LogP contribution in [0.2, 0.25) is 0 Å². The first-order chi connectivity index (χ1) is 12.5. The van der Waals surface area contributed by atoms with Gasteiger partial charge in [0, 0.05) is 6.54 Å². The zero-order valence-electron chi connectivity index (χ0n) is 14.2. The third kappa shape index (κ3) is 3.23. The summed E-state index contributed by atoms with van der Waals surface area (Å²) in [7, 11) is 0. The molecule has 0 atom stereocenters. The summed E-state index contributed by atoms with van der Waals surface area (Å²) in [5, 5.41) is 9.86. The summed E-state index contributed by atoms with van der Waals surface area (Å²) in [6.45, 7) is 1.14. The highest BCUT2D eigenvalue weighted by molar-refractivity contribution is 5.70. The summed E-state index contributed by atoms with van der Waals surface area (Å²) in [5.74, 6) is -0.520. The van der Waals surface area contributed by atoms with Crippen molar-refractivity contribution >= 4 is 11.9 Å². The van der Waals surface area contributed by atoms with Gasteiger partial charge in [0.15, 0.2) is 11.6 Å². The topological polar surface area (TPSA) is 68.2 Å². The lowest BCUT2D eigenvalue weighted by molar-refractivity contribution is 0.0148. The Morgan fingerprint density at radius 2 is 2.04 bits per heavy atom. The largest absolute Gasteiger partial charge is 0.441 e. The van der Waals surface area contributed by atoms with E-state index in [1.54, 1.807) is 18.2 Å². The highest BCUT2D eigenvalue weighted by Crippen LogP contribution is 2.36. The SMILES string of the molecule is O=C1NC[C@]2(CC[C@@H](CNc3nn(-c4ccccc4F)cc3F)CC2)O1. The summed E-state index contributed by atoms with van der Waals surface area (Å²) >= 11 is 0. The first-order valence-corrected chi connectivity index (χ1v) is 8.75. The molecule has 6 nitrogen and oxygen atoms in total. The number of halogens is 2. The first-order valence-electron chi connectivity index (χ1n) is 8.75. The molecule has 2 aromatic rings. The molecule has 138 valence electrons. The molecule has 2 aliphatic rings. The van der Waals surface area contributed by atoms with Crippen LogP contribution in [0.15, 0.2) is 30.5 Å². The Labute approximate surface area is 149 Å². The molecule has 1 aliphatic carbocycles. The molecule has 1 saturated carbocycles. The Kier molecular flexibility index (Phi) is 4.26. The van der Waals surface area contributed by atoms with E-state index in [1.807, 2.05) is 0 Å². The van der Waals surface area contributed by atoms with E-state index in [2.05, 4.69) is 15.7 Å². The molecule has 1 aromatic heterocycles. The zero-order chi connectivity index (χ0) is 18.1. The van der Waals surface area contributed by atoms with Gasteiger partial charge in [-0.1, -0.05) is 12.1 Å². The quantitative estimate of drug-likeness (QED) is 0.876. The Bertz CT molecular complexity index is 815. The number of hydrogen-bond donors (Lipinski definition) is 2. The van der Waals surface area contributed by atoms with E-state index in [4.69, 9.17) is 4.74 Å². The number of anilines is 1. The van der Waals surface area contributed by atoms with Gasteiger partial charge in [-0.2, -0.15) is 0 Å². The van der Waals surface area contributed by atoms with Crippen LogP contribution in [0.25, 0.3) is 5.69 Å². The molecule has 4 rings (SSSR count). The van der Waals surface area contributed by atoms with Crippen molar-refractivity contribution in [3.63, 3.8) is 0 Å². The number of hydrogen-bond acceptors (Lipinski definition) is 4. The van der Waals surface area contributed by atoms with Crippen LogP contribution in [-0.2, 0) is 4.74 Å². The minimum absolute atomic E-state index is 0.113. The maximum Gasteiger partial charge on any atom is 0.407 e. The van der Waals surface area contributed by atoms with Gasteiger partial charge >= 0.3 is 6.09 Å². The summed E-state index contributed by atoms with van der Waals surface area (Å²) in [6.07, 6.45) is 4.19. The lowest BCUT2D eigenvalue weighted by atomic mass is 9.79. The van der Waals surface area contributed by atoms with Crippen LogP contribution >= 0.6 is 0 Å². The average molecular weight is 362 g/mol. The predicted molar refractivity (Wildman–Crippen MR) is 91.1 cm³/mol. The highest BCUT2D eigenvalue weighted by atomic mass is 19.1. The van der Waals surface area contributed by atoms with Gasteiger partial charge in [-0.25, -0.2) is 18.3 Å². The zero-order valence-corrected chi connectivity index (χ0v) is 14.2. The fraction of sp³-hybridized carbons (Fsp3) is 0.444. The standard InChI is InChI=1S/C18H20F2N4O2/c19-13-3-1-2-4-15(13)24-10-14(20)16(23-24)21-9-12-5-7-18(8-6-12)11-22-17(25)26-18/h1-4,10,12H,5-9,11H2,(H,21,23)(H,22,25)/t12-,18-. The number of para-hydroxylation sites is 1. The number of alkyl carbamates (subject to hydrolysis) is 1. The van der Waals surface area contributed by atoms with Crippen LogP contribution in [-0.4, -0.2) is 34.6 Å². The van der Waals surface area contributed by atoms with Crippen molar-refractivity contribution in [3.05, 3.63) is 42.1 Å². The van der Waals surface area contributed by atoms with Crippen molar-refractivity contribution in [2.45, 2.75) is 31.3 Å². The number of carbonyl (C=O) groups is 1. The summed E-state index contributed by atoms with van der Waals surface area (Å²) in [6, 6.07) is 6.10. The maximum absolute atomic E-state index is 14.1. The number of nitrogens with one attached hydrogen (secondary N) is 2. The number of benzene rings is 1. The maximum atomic E-state index is 14.1. The fourth-order valence-corrected chi connectivity index (χ4v) is 3.66. The average Bonchev–Trinajstić information content (AvgIpc) is 3.18. The van der Waals surface area contributed by atoms with E-state index in [0.717, 1.165) is 25.7 Å². The smallest absolute Gasteiger partial charge is 0.407 e. The van der Waals surface area contributed by atoms with Crippen LogP contribution < -0.4 is 10.6 Å². The first kappa shape index (κ1) is 16.8. The van der Waals surface area contributed by atoms with Crippen LogP contribution in [0.4, 0.5) is 19.4 Å². The number of aromatic nitrogens is 2. The van der Waals surface area contributed by atoms with E-state index in [1.165, 1.54) is 16.9 Å². The van der Waals surface area contributed by atoms with Gasteiger partial charge in [0.05, 0.1) is 12.7 Å². The lowest BCUT2D eigenvalue weighted by Gasteiger charge is -2.34. The Morgan fingerprint density at radius 1 is 1.27 bits per heavy atom. The molecule has 2 N–H and O–H groups in total. The van der Waals surface area contributed by atoms with Gasteiger partial charge in [-0.05, 0) is 43.7 Å². The molecule has 2 fully saturated rings. The fourth-order valence-electron chi connectivity index (χ4n) is 3.66. The van der Waals surface area contributed by atoms with E-state index in [9.17, 15) is 13.6 Å². The lowest BCUT2D eigenvalue weighted by Crippen LogP contribution is -2.39. The Balaban J connectivity index is 1.36. The van der Waals surface area contributed by atoms with Crippen molar-refractivity contribution in [1.29, 1.82) is 0 Å². The molecule has 0 radical (unpaired) electrons. The molecule has 0 bridgehead atoms. The second kappa shape index (κ2) is 6.59. The number of carbonyl (C=O) groups excluding carboxylic acids is 1. The van der Waals surface area contributed by atoms with E-state index < -0.39 is 11.6 Å². The van der Waals surface area contributed by atoms with E-state index in [0.29, 0.717) is 19.0 Å². The second-order valence-corrected chi connectivity index (χ2v) is 6.97. The summed E-state index contributed by atoms with van der Waals surface area (Å²) < 4.78 is 34.6. The van der Waals surface area contributed by atoms with Crippen LogP contribution in [0.1, 0.15) is 25.7 Å². The molecule has 1 aliphatic heterocycles. The van der Waals surface area contributed by atoms with E-state index >= 15 is 0 Å². The third-order valence-corrected chi connectivity index (χ3v) is 5.21. The van der Waals surface area contributed by atoms with Gasteiger partial charge in [-0.3, -0.25) is 0 Å². The molecular formula is C18H20F2N4O2. The predicted octanol–water partition coefficient (Wildman–Crippen LogP) is 3.23. The Morgan fingerprint density at radius 3 is 2.73 bits per heavy atom. The molecule has 2 heterocycles. The number of rotatable bonds is 4. The molecule has 1 aromatic carbocycles. The van der Waals surface area contributed by atoms with Crippen molar-refractivity contribution in [2.75, 3.05) is 18.4 Å². The number of ether oxygens (including phenoxy) is 1. The summed E-state index contributed by atoms with van der Waals surface area (Å²) in [5.41, 5.74) is -0.166. The molecule has 1 amide bonds. The van der Waals surface area contributed by atoms with E-state index in [-0.39, 0.29) is 23.2 Å².